The van der Waals surface area contributed by atoms with E-state index in [9.17, 15) is 9.59 Å². The van der Waals surface area contributed by atoms with Crippen molar-refractivity contribution in [2.45, 2.75) is 57.4 Å². The van der Waals surface area contributed by atoms with Gasteiger partial charge < -0.3 is 20.3 Å². The second-order valence-corrected chi connectivity index (χ2v) is 8.32. The summed E-state index contributed by atoms with van der Waals surface area (Å²) in [5, 5.41) is 6.08. The molecule has 0 radical (unpaired) electrons. The lowest BCUT2D eigenvalue weighted by Crippen LogP contribution is -2.53. The van der Waals surface area contributed by atoms with E-state index in [1.165, 1.54) is 6.42 Å². The summed E-state index contributed by atoms with van der Waals surface area (Å²) in [6, 6.07) is 7.51. The maximum absolute atomic E-state index is 12.9. The quantitative estimate of drug-likeness (QED) is 0.782. The molecule has 1 heterocycles. The highest BCUT2D eigenvalue weighted by molar-refractivity contribution is 5.90. The number of hydrogen-bond acceptors (Lipinski definition) is 3. The van der Waals surface area contributed by atoms with Crippen LogP contribution in [0, 0.1) is 12.8 Å². The van der Waals surface area contributed by atoms with E-state index in [1.807, 2.05) is 36.1 Å². The molecule has 1 aromatic carbocycles. The van der Waals surface area contributed by atoms with Crippen LogP contribution in [-0.2, 0) is 9.53 Å². The van der Waals surface area contributed by atoms with Gasteiger partial charge in [-0.15, -0.1) is 0 Å². The topological polar surface area (TPSA) is 70.7 Å². The zero-order chi connectivity index (χ0) is 20.0. The number of rotatable bonds is 6. The molecule has 1 aromatic rings. The number of ether oxygens (including phenoxy) is 1. The molecule has 1 unspecified atom stereocenters. The number of likely N-dealkylation sites (tertiary alicyclic amines) is 1. The second-order valence-electron chi connectivity index (χ2n) is 8.32. The fourth-order valence-corrected chi connectivity index (χ4v) is 4.46. The van der Waals surface area contributed by atoms with Gasteiger partial charge in [0, 0.05) is 38.4 Å². The summed E-state index contributed by atoms with van der Waals surface area (Å²) in [6.07, 6.45) is 6.99. The Kier molecular flexibility index (Phi) is 6.94. The van der Waals surface area contributed by atoms with Gasteiger partial charge in [-0.3, -0.25) is 4.79 Å². The van der Waals surface area contributed by atoms with Crippen LogP contribution in [0.1, 0.15) is 50.5 Å². The fraction of sp³-hybridized carbons (Fsp3) is 0.636. The predicted molar refractivity (Wildman–Crippen MR) is 110 cm³/mol. The third-order valence-corrected chi connectivity index (χ3v) is 6.06. The summed E-state index contributed by atoms with van der Waals surface area (Å²) in [5.41, 5.74) is 1.43. The first-order valence-electron chi connectivity index (χ1n) is 10.4. The van der Waals surface area contributed by atoms with E-state index in [-0.39, 0.29) is 17.9 Å². The van der Waals surface area contributed by atoms with Crippen LogP contribution in [0.5, 0.6) is 0 Å². The molecule has 154 valence electrons. The Morgan fingerprint density at radius 2 is 2.04 bits per heavy atom. The van der Waals surface area contributed by atoms with Gasteiger partial charge in [0.05, 0.1) is 5.54 Å². The average molecular weight is 388 g/mol. The summed E-state index contributed by atoms with van der Waals surface area (Å²) in [4.78, 5) is 27.6. The number of carbonyl (C=O) groups excluding carboxylic acids is 2. The van der Waals surface area contributed by atoms with Gasteiger partial charge in [-0.05, 0) is 50.3 Å². The molecule has 2 N–H and O–H groups in total. The van der Waals surface area contributed by atoms with Crippen molar-refractivity contribution in [3.05, 3.63) is 29.8 Å². The van der Waals surface area contributed by atoms with Crippen LogP contribution < -0.4 is 10.6 Å². The van der Waals surface area contributed by atoms with Gasteiger partial charge >= 0.3 is 6.03 Å². The van der Waals surface area contributed by atoms with E-state index in [0.29, 0.717) is 26.1 Å². The van der Waals surface area contributed by atoms with Crippen LogP contribution in [0.25, 0.3) is 0 Å². The predicted octanol–water partition coefficient (Wildman–Crippen LogP) is 3.70. The Labute approximate surface area is 168 Å². The maximum atomic E-state index is 12.9. The lowest BCUT2D eigenvalue weighted by Gasteiger charge is -2.32. The van der Waals surface area contributed by atoms with Gasteiger partial charge in [-0.1, -0.05) is 31.4 Å². The van der Waals surface area contributed by atoms with Crippen LogP contribution in [0.2, 0.25) is 0 Å². The number of amides is 3. The van der Waals surface area contributed by atoms with E-state index in [0.717, 1.165) is 43.4 Å². The molecule has 2 aliphatic rings. The Bertz CT molecular complexity index is 687. The molecule has 6 heteroatoms. The Morgan fingerprint density at radius 3 is 2.75 bits per heavy atom. The van der Waals surface area contributed by atoms with E-state index < -0.39 is 5.54 Å². The number of carbonyl (C=O) groups is 2. The molecule has 1 saturated carbocycles. The number of benzene rings is 1. The van der Waals surface area contributed by atoms with Crippen molar-refractivity contribution in [2.75, 3.05) is 32.1 Å². The smallest absolute Gasteiger partial charge is 0.319 e. The van der Waals surface area contributed by atoms with Gasteiger partial charge in [0.2, 0.25) is 5.91 Å². The van der Waals surface area contributed by atoms with Crippen molar-refractivity contribution >= 4 is 17.6 Å². The second kappa shape index (κ2) is 9.41. The zero-order valence-electron chi connectivity index (χ0n) is 17.1. The largest absolute Gasteiger partial charge is 0.385 e. The number of anilines is 1. The number of nitrogens with one attached hydrogen (secondary N) is 2. The molecular formula is C22H33N3O3. The summed E-state index contributed by atoms with van der Waals surface area (Å²) >= 11 is 0. The van der Waals surface area contributed by atoms with Crippen molar-refractivity contribution in [1.29, 1.82) is 0 Å². The molecule has 1 atom stereocenters. The van der Waals surface area contributed by atoms with E-state index >= 15 is 0 Å². The summed E-state index contributed by atoms with van der Waals surface area (Å²) in [7, 11) is 1.67. The van der Waals surface area contributed by atoms with Crippen molar-refractivity contribution < 1.29 is 14.3 Å². The fourth-order valence-electron chi connectivity index (χ4n) is 4.46. The molecule has 1 saturated heterocycles. The summed E-state index contributed by atoms with van der Waals surface area (Å²) < 4.78 is 5.28. The molecule has 0 aromatic heterocycles. The summed E-state index contributed by atoms with van der Waals surface area (Å²) in [6.45, 7) is 3.81. The molecule has 0 bridgehead atoms. The molecule has 6 nitrogen and oxygen atoms in total. The molecule has 1 aliphatic carbocycles. The van der Waals surface area contributed by atoms with E-state index in [1.54, 1.807) is 7.11 Å². The first-order chi connectivity index (χ1) is 13.5. The minimum Gasteiger partial charge on any atom is -0.385 e. The highest BCUT2D eigenvalue weighted by atomic mass is 16.5. The zero-order valence-corrected chi connectivity index (χ0v) is 17.1. The molecule has 28 heavy (non-hydrogen) atoms. The monoisotopic (exact) mass is 387 g/mol. The van der Waals surface area contributed by atoms with Crippen molar-refractivity contribution in [3.63, 3.8) is 0 Å². The van der Waals surface area contributed by atoms with Crippen molar-refractivity contribution in [3.8, 4) is 0 Å². The molecule has 3 rings (SSSR count). The highest BCUT2D eigenvalue weighted by Gasteiger charge is 2.42. The van der Waals surface area contributed by atoms with Crippen LogP contribution in [-0.4, -0.2) is 49.2 Å². The van der Waals surface area contributed by atoms with Gasteiger partial charge in [0.15, 0.2) is 0 Å². The van der Waals surface area contributed by atoms with Crippen LogP contribution in [0.15, 0.2) is 24.3 Å². The minimum atomic E-state index is -0.436. The lowest BCUT2D eigenvalue weighted by atomic mass is 9.88. The molecule has 3 amide bonds. The first-order valence-corrected chi connectivity index (χ1v) is 10.4. The van der Waals surface area contributed by atoms with E-state index in [4.69, 9.17) is 4.74 Å². The highest BCUT2D eigenvalue weighted by Crippen LogP contribution is 2.31. The minimum absolute atomic E-state index is 0.160. The van der Waals surface area contributed by atoms with Crippen molar-refractivity contribution in [2.24, 2.45) is 5.92 Å². The van der Waals surface area contributed by atoms with Gasteiger partial charge in [0.25, 0.3) is 0 Å². The van der Waals surface area contributed by atoms with E-state index in [2.05, 4.69) is 10.6 Å². The average Bonchev–Trinajstić information content (AvgIpc) is 3.10. The van der Waals surface area contributed by atoms with Gasteiger partial charge in [-0.2, -0.15) is 0 Å². The van der Waals surface area contributed by atoms with Crippen molar-refractivity contribution in [1.82, 2.24) is 10.2 Å². The molecular weight excluding hydrogens is 354 g/mol. The maximum Gasteiger partial charge on any atom is 0.319 e. The molecule has 1 aliphatic heterocycles. The van der Waals surface area contributed by atoms with Crippen LogP contribution in [0.3, 0.4) is 0 Å². The van der Waals surface area contributed by atoms with Crippen LogP contribution >= 0.6 is 0 Å². The number of aryl methyl sites for hydroxylation is 1. The number of urea groups is 1. The SMILES string of the molecule is COCCC1(NC(=O)Nc2cccc(C)c2)CCN(C(=O)C2CCCCC2)C1. The Hall–Kier alpha value is -2.08. The Morgan fingerprint density at radius 1 is 1.25 bits per heavy atom. The van der Waals surface area contributed by atoms with Gasteiger partial charge in [-0.25, -0.2) is 4.79 Å². The third kappa shape index (κ3) is 5.25. The number of methoxy groups -OCH3 is 1. The number of hydrogen-bond donors (Lipinski definition) is 2. The third-order valence-electron chi connectivity index (χ3n) is 6.06. The first kappa shape index (κ1) is 20.6. The van der Waals surface area contributed by atoms with Crippen LogP contribution in [0.4, 0.5) is 10.5 Å². The normalized spacial score (nSPS) is 22.9. The number of nitrogens with zero attached hydrogens (tertiary/aromatic N) is 1. The molecule has 2 fully saturated rings. The summed E-state index contributed by atoms with van der Waals surface area (Å²) in [5.74, 6) is 0.424. The molecule has 0 spiro atoms. The van der Waals surface area contributed by atoms with Gasteiger partial charge in [0.1, 0.15) is 0 Å². The standard InChI is InChI=1S/C22H33N3O3/c1-17-7-6-10-19(15-17)23-21(27)24-22(12-14-28-2)11-13-25(16-22)20(26)18-8-4-3-5-9-18/h6-7,10,15,18H,3-5,8-9,11-14,16H2,1-2H3,(H2,23,24,27). The lowest BCUT2D eigenvalue weighted by molar-refractivity contribution is -0.135. The Balaban J connectivity index is 1.63.